The minimum atomic E-state index is 0.328. The third-order valence-electron chi connectivity index (χ3n) is 4.09. The molecular weight excluding hydrogens is 272 g/mol. The van der Waals surface area contributed by atoms with Gasteiger partial charge in [0.05, 0.1) is 11.6 Å². The fourth-order valence-electron chi connectivity index (χ4n) is 2.53. The molecule has 0 N–H and O–H groups in total. The lowest BCUT2D eigenvalue weighted by Gasteiger charge is -2.09. The second kappa shape index (κ2) is 5.65. The third kappa shape index (κ3) is 2.48. The van der Waals surface area contributed by atoms with E-state index in [0.717, 1.165) is 28.6 Å². The van der Waals surface area contributed by atoms with Crippen molar-refractivity contribution < 1.29 is 4.42 Å². The van der Waals surface area contributed by atoms with E-state index in [2.05, 4.69) is 31.8 Å². The molecule has 0 aliphatic carbocycles. The Labute approximate surface area is 130 Å². The summed E-state index contributed by atoms with van der Waals surface area (Å²) in [6.07, 6.45) is 0.991. The Morgan fingerprint density at radius 3 is 2.59 bits per heavy atom. The van der Waals surface area contributed by atoms with Crippen LogP contribution in [0.2, 0.25) is 0 Å². The van der Waals surface area contributed by atoms with E-state index in [1.807, 2.05) is 30.3 Å². The van der Waals surface area contributed by atoms with Crippen molar-refractivity contribution in [1.29, 1.82) is 5.26 Å². The quantitative estimate of drug-likeness (QED) is 0.667. The molecule has 1 aromatic heterocycles. The van der Waals surface area contributed by atoms with Crippen molar-refractivity contribution in [3.8, 4) is 17.5 Å². The zero-order valence-corrected chi connectivity index (χ0v) is 13.1. The topological polar surface area (TPSA) is 49.8 Å². The van der Waals surface area contributed by atoms with E-state index < -0.39 is 0 Å². The van der Waals surface area contributed by atoms with E-state index in [4.69, 9.17) is 4.42 Å². The zero-order valence-electron chi connectivity index (χ0n) is 13.1. The Hall–Kier alpha value is -2.60. The molecule has 110 valence electrons. The van der Waals surface area contributed by atoms with Crippen LogP contribution in [0.5, 0.6) is 0 Å². The maximum atomic E-state index is 9.22. The van der Waals surface area contributed by atoms with Crippen LogP contribution in [0.1, 0.15) is 42.9 Å². The second-order valence-electron chi connectivity index (χ2n) is 5.72. The van der Waals surface area contributed by atoms with Gasteiger partial charge in [-0.25, -0.2) is 4.98 Å². The van der Waals surface area contributed by atoms with Crippen molar-refractivity contribution in [3.63, 3.8) is 0 Å². The molecule has 0 fully saturated rings. The largest absolute Gasteiger partial charge is 0.436 e. The lowest BCUT2D eigenvalue weighted by Crippen LogP contribution is -1.93. The molecule has 3 nitrogen and oxygen atoms in total. The van der Waals surface area contributed by atoms with Gasteiger partial charge in [-0.3, -0.25) is 0 Å². The first-order valence-electron chi connectivity index (χ1n) is 7.54. The fraction of sp³-hybridized carbons (Fsp3) is 0.263. The van der Waals surface area contributed by atoms with Crippen LogP contribution in [0, 0.1) is 18.3 Å². The van der Waals surface area contributed by atoms with E-state index in [1.54, 1.807) is 6.07 Å². The summed E-state index contributed by atoms with van der Waals surface area (Å²) >= 11 is 0. The van der Waals surface area contributed by atoms with E-state index >= 15 is 0 Å². The molecule has 0 amide bonds. The van der Waals surface area contributed by atoms with Gasteiger partial charge in [0.15, 0.2) is 5.58 Å². The molecule has 0 radical (unpaired) electrons. The number of rotatable bonds is 3. The van der Waals surface area contributed by atoms with Crippen molar-refractivity contribution in [1.82, 2.24) is 4.98 Å². The molecule has 3 aromatic rings. The number of hydrogen-bond donors (Lipinski definition) is 0. The Bertz CT molecular complexity index is 854. The molecule has 3 heteroatoms. The molecule has 0 aliphatic heterocycles. The van der Waals surface area contributed by atoms with Crippen molar-refractivity contribution >= 4 is 11.1 Å². The maximum Gasteiger partial charge on any atom is 0.227 e. The van der Waals surface area contributed by atoms with E-state index in [1.165, 1.54) is 5.56 Å². The van der Waals surface area contributed by atoms with Gasteiger partial charge in [0.1, 0.15) is 5.52 Å². The Kier molecular flexibility index (Phi) is 3.68. The summed E-state index contributed by atoms with van der Waals surface area (Å²) in [6, 6.07) is 14.0. The molecule has 1 atom stereocenters. The Morgan fingerprint density at radius 1 is 1.23 bits per heavy atom. The number of aromatic nitrogens is 1. The average Bonchev–Trinajstić information content (AvgIpc) is 2.97. The summed E-state index contributed by atoms with van der Waals surface area (Å²) < 4.78 is 6.03. The standard InChI is InChI=1S/C19H18N2O/c1-4-13(3)16-9-14(11-20)10-17-18(16)22-19(21-17)15-7-5-12(2)6-8-15/h5-10,13H,4H2,1-3H3. The van der Waals surface area contributed by atoms with E-state index in [-0.39, 0.29) is 0 Å². The molecule has 3 rings (SSSR count). The number of benzene rings is 2. The Balaban J connectivity index is 2.20. The molecular formula is C19H18N2O. The van der Waals surface area contributed by atoms with Crippen LogP contribution in [-0.2, 0) is 0 Å². The number of oxazole rings is 1. The van der Waals surface area contributed by atoms with Gasteiger partial charge in [-0.2, -0.15) is 5.26 Å². The predicted octanol–water partition coefficient (Wildman–Crippen LogP) is 5.19. The van der Waals surface area contributed by atoms with Gasteiger partial charge in [-0.15, -0.1) is 0 Å². The van der Waals surface area contributed by atoms with Crippen molar-refractivity contribution in [2.24, 2.45) is 0 Å². The fourth-order valence-corrected chi connectivity index (χ4v) is 2.53. The molecule has 0 aliphatic rings. The summed E-state index contributed by atoms with van der Waals surface area (Å²) in [7, 11) is 0. The first-order valence-corrected chi connectivity index (χ1v) is 7.54. The minimum absolute atomic E-state index is 0.328. The number of nitrogens with zero attached hydrogens (tertiary/aromatic N) is 2. The molecule has 0 bridgehead atoms. The highest BCUT2D eigenvalue weighted by Crippen LogP contribution is 2.32. The lowest BCUT2D eigenvalue weighted by atomic mass is 9.96. The van der Waals surface area contributed by atoms with Crippen LogP contribution in [0.3, 0.4) is 0 Å². The summed E-state index contributed by atoms with van der Waals surface area (Å²) in [4.78, 5) is 4.58. The van der Waals surface area contributed by atoms with Gasteiger partial charge in [0.25, 0.3) is 0 Å². The van der Waals surface area contributed by atoms with Crippen LogP contribution in [0.4, 0.5) is 0 Å². The van der Waals surface area contributed by atoms with Crippen LogP contribution in [0.15, 0.2) is 40.8 Å². The van der Waals surface area contributed by atoms with E-state index in [0.29, 0.717) is 17.4 Å². The molecule has 0 saturated carbocycles. The van der Waals surface area contributed by atoms with Crippen LogP contribution >= 0.6 is 0 Å². The van der Waals surface area contributed by atoms with Gasteiger partial charge in [-0.1, -0.05) is 31.5 Å². The lowest BCUT2D eigenvalue weighted by molar-refractivity contribution is 0.606. The summed E-state index contributed by atoms with van der Waals surface area (Å²) in [5, 5.41) is 9.22. The van der Waals surface area contributed by atoms with Crippen LogP contribution < -0.4 is 0 Å². The highest BCUT2D eigenvalue weighted by Gasteiger charge is 2.16. The average molecular weight is 290 g/mol. The summed E-state index contributed by atoms with van der Waals surface area (Å²) in [5.74, 6) is 0.935. The highest BCUT2D eigenvalue weighted by molar-refractivity contribution is 5.81. The molecule has 2 aromatic carbocycles. The van der Waals surface area contributed by atoms with Crippen molar-refractivity contribution in [2.75, 3.05) is 0 Å². The minimum Gasteiger partial charge on any atom is -0.436 e. The van der Waals surface area contributed by atoms with Gasteiger partial charge in [0.2, 0.25) is 5.89 Å². The number of nitriles is 1. The first kappa shape index (κ1) is 14.3. The third-order valence-corrected chi connectivity index (χ3v) is 4.09. The summed E-state index contributed by atoms with van der Waals surface area (Å²) in [5.41, 5.74) is 5.39. The van der Waals surface area contributed by atoms with Crippen LogP contribution in [0.25, 0.3) is 22.6 Å². The van der Waals surface area contributed by atoms with E-state index in [9.17, 15) is 5.26 Å². The first-order chi connectivity index (χ1) is 10.6. The van der Waals surface area contributed by atoms with Crippen LogP contribution in [-0.4, -0.2) is 4.98 Å². The Morgan fingerprint density at radius 2 is 1.95 bits per heavy atom. The predicted molar refractivity (Wildman–Crippen MR) is 87.6 cm³/mol. The molecule has 22 heavy (non-hydrogen) atoms. The maximum absolute atomic E-state index is 9.22. The van der Waals surface area contributed by atoms with Gasteiger partial charge in [0, 0.05) is 11.1 Å². The smallest absolute Gasteiger partial charge is 0.227 e. The number of hydrogen-bond acceptors (Lipinski definition) is 3. The zero-order chi connectivity index (χ0) is 15.7. The molecule has 0 saturated heterocycles. The normalized spacial score (nSPS) is 12.3. The van der Waals surface area contributed by atoms with Crippen molar-refractivity contribution in [3.05, 3.63) is 53.1 Å². The second-order valence-corrected chi connectivity index (χ2v) is 5.72. The number of fused-ring (bicyclic) bond motifs is 1. The SMILES string of the molecule is CCC(C)c1cc(C#N)cc2nc(-c3ccc(C)cc3)oc12. The van der Waals surface area contributed by atoms with Gasteiger partial charge < -0.3 is 4.42 Å². The molecule has 1 unspecified atom stereocenters. The van der Waals surface area contributed by atoms with Gasteiger partial charge >= 0.3 is 0 Å². The van der Waals surface area contributed by atoms with Gasteiger partial charge in [-0.05, 0) is 43.5 Å². The highest BCUT2D eigenvalue weighted by atomic mass is 16.3. The summed E-state index contributed by atoms with van der Waals surface area (Å²) in [6.45, 7) is 6.33. The number of aryl methyl sites for hydroxylation is 1. The molecule has 1 heterocycles. The van der Waals surface area contributed by atoms with Crippen molar-refractivity contribution in [2.45, 2.75) is 33.1 Å². The monoisotopic (exact) mass is 290 g/mol. The molecule has 0 spiro atoms.